The zero-order chi connectivity index (χ0) is 15.4. The van der Waals surface area contributed by atoms with Gasteiger partial charge >= 0.3 is 0 Å². The molecule has 0 unspecified atom stereocenters. The Hall–Kier alpha value is -0.260. The van der Waals surface area contributed by atoms with E-state index in [1.54, 1.807) is 0 Å². The van der Waals surface area contributed by atoms with Crippen LogP contribution in [0.1, 0.15) is 92.4 Å². The van der Waals surface area contributed by atoms with Crippen LogP contribution < -0.4 is 0 Å². The molecule has 0 bridgehead atoms. The summed E-state index contributed by atoms with van der Waals surface area (Å²) in [5, 5.41) is 0. The molecule has 0 aromatic rings. The fraction of sp³-hybridized carbons (Fsp3) is 0.850. The molecule has 0 heterocycles. The van der Waals surface area contributed by atoms with Gasteiger partial charge in [0.15, 0.2) is 0 Å². The third-order valence-corrected chi connectivity index (χ3v) is 4.49. The summed E-state index contributed by atoms with van der Waals surface area (Å²) in [6, 6.07) is 0. The maximum Gasteiger partial charge on any atom is -0.0313 e. The molecule has 119 valence electrons. The summed E-state index contributed by atoms with van der Waals surface area (Å²) in [5.74, 6) is 2.70. The predicted octanol–water partition coefficient (Wildman–Crippen LogP) is 7.21. The van der Waals surface area contributed by atoms with Gasteiger partial charge in [0, 0.05) is 0 Å². The molecule has 0 aromatic carbocycles. The Morgan fingerprint density at radius 3 is 1.70 bits per heavy atom. The maximum atomic E-state index is 3.83. The highest BCUT2D eigenvalue weighted by Crippen LogP contribution is 2.21. The Morgan fingerprint density at radius 1 is 0.800 bits per heavy atom. The molecular weight excluding hydrogens is 240 g/mol. The van der Waals surface area contributed by atoms with Gasteiger partial charge in [0.2, 0.25) is 0 Å². The maximum absolute atomic E-state index is 3.83. The molecule has 0 aromatic heterocycles. The highest BCUT2D eigenvalue weighted by molar-refractivity contribution is 4.99. The van der Waals surface area contributed by atoms with Crippen molar-refractivity contribution >= 4 is 0 Å². The van der Waals surface area contributed by atoms with Crippen LogP contribution in [-0.2, 0) is 0 Å². The van der Waals surface area contributed by atoms with E-state index in [2.05, 4.69) is 41.5 Å². The smallest absolute Gasteiger partial charge is 0.0313 e. The molecule has 0 fully saturated rings. The van der Waals surface area contributed by atoms with Gasteiger partial charge in [-0.1, -0.05) is 84.3 Å². The number of allylic oxidation sites excluding steroid dienone is 2. The lowest BCUT2D eigenvalue weighted by Gasteiger charge is -2.15. The van der Waals surface area contributed by atoms with Crippen molar-refractivity contribution in [3.05, 3.63) is 18.6 Å². The van der Waals surface area contributed by atoms with Crippen molar-refractivity contribution in [2.45, 2.75) is 92.4 Å². The third kappa shape index (κ3) is 12.8. The normalized spacial score (nSPS) is 15.7. The fourth-order valence-electron chi connectivity index (χ4n) is 2.81. The molecular formula is C20H39. The van der Waals surface area contributed by atoms with Gasteiger partial charge in [-0.05, 0) is 44.4 Å². The molecule has 0 rings (SSSR count). The molecule has 0 amide bonds. The van der Waals surface area contributed by atoms with Crippen molar-refractivity contribution in [1.29, 1.82) is 0 Å². The van der Waals surface area contributed by atoms with Crippen molar-refractivity contribution < 1.29 is 0 Å². The molecule has 0 aliphatic carbocycles. The topological polar surface area (TPSA) is 0 Å². The summed E-state index contributed by atoms with van der Waals surface area (Å²) in [6.45, 7) is 15.5. The average Bonchev–Trinajstić information content (AvgIpc) is 2.38. The summed E-state index contributed by atoms with van der Waals surface area (Å²) in [4.78, 5) is 0. The van der Waals surface area contributed by atoms with Gasteiger partial charge in [-0.15, -0.1) is 0 Å². The van der Waals surface area contributed by atoms with Gasteiger partial charge in [-0.2, -0.15) is 0 Å². The van der Waals surface area contributed by atoms with Crippen molar-refractivity contribution in [2.24, 2.45) is 17.8 Å². The minimum absolute atomic E-state index is 0.873. The van der Waals surface area contributed by atoms with E-state index < -0.39 is 0 Å². The van der Waals surface area contributed by atoms with Crippen molar-refractivity contribution in [1.82, 2.24) is 0 Å². The van der Waals surface area contributed by atoms with Crippen molar-refractivity contribution in [3.63, 3.8) is 0 Å². The van der Waals surface area contributed by atoms with E-state index in [1.807, 2.05) is 6.08 Å². The minimum Gasteiger partial charge on any atom is -0.0853 e. The van der Waals surface area contributed by atoms with Gasteiger partial charge in [-0.3, -0.25) is 0 Å². The largest absolute Gasteiger partial charge is 0.0853 e. The number of hydrogen-bond acceptors (Lipinski definition) is 0. The van der Waals surface area contributed by atoms with Crippen LogP contribution in [0.2, 0.25) is 0 Å². The van der Waals surface area contributed by atoms with Gasteiger partial charge < -0.3 is 0 Å². The van der Waals surface area contributed by atoms with Crippen LogP contribution in [0.4, 0.5) is 0 Å². The highest BCUT2D eigenvalue weighted by atomic mass is 14.1. The summed E-state index contributed by atoms with van der Waals surface area (Å²) in [6.07, 6.45) is 14.5. The Morgan fingerprint density at radius 2 is 1.25 bits per heavy atom. The molecule has 0 saturated carbocycles. The molecule has 0 spiro atoms. The zero-order valence-corrected chi connectivity index (χ0v) is 14.9. The fourth-order valence-corrected chi connectivity index (χ4v) is 2.81. The third-order valence-electron chi connectivity index (χ3n) is 4.49. The van der Waals surface area contributed by atoms with E-state index in [-0.39, 0.29) is 0 Å². The highest BCUT2D eigenvalue weighted by Gasteiger charge is 2.06. The van der Waals surface area contributed by atoms with Crippen LogP contribution in [0, 0.1) is 24.7 Å². The number of hydrogen-bond donors (Lipinski definition) is 0. The van der Waals surface area contributed by atoms with Crippen LogP contribution in [0.3, 0.4) is 0 Å². The first-order valence-corrected chi connectivity index (χ1v) is 8.90. The van der Waals surface area contributed by atoms with Crippen LogP contribution >= 0.6 is 0 Å². The average molecular weight is 280 g/mol. The lowest BCUT2D eigenvalue weighted by molar-refractivity contribution is 0.389. The first-order valence-electron chi connectivity index (χ1n) is 8.90. The lowest BCUT2D eigenvalue weighted by atomic mass is 9.91. The van der Waals surface area contributed by atoms with Crippen LogP contribution in [0.15, 0.2) is 11.6 Å². The Bertz CT molecular complexity index is 236. The second-order valence-electron chi connectivity index (χ2n) is 7.41. The quantitative estimate of drug-likeness (QED) is 0.354. The molecule has 0 nitrogen and oxygen atoms in total. The molecule has 0 saturated heterocycles. The van der Waals surface area contributed by atoms with Gasteiger partial charge in [0.1, 0.15) is 0 Å². The summed E-state index contributed by atoms with van der Waals surface area (Å²) < 4.78 is 0. The molecule has 0 aliphatic heterocycles. The SMILES string of the molecule is [CH2]/C=C(/C)CCC[C@H](C)CCC[C@H](C)CCCC(C)C. The predicted molar refractivity (Wildman–Crippen MR) is 93.8 cm³/mol. The minimum atomic E-state index is 0.873. The van der Waals surface area contributed by atoms with Crippen LogP contribution in [0.5, 0.6) is 0 Å². The van der Waals surface area contributed by atoms with Crippen molar-refractivity contribution in [3.8, 4) is 0 Å². The first-order chi connectivity index (χ1) is 9.45. The molecule has 0 heteroatoms. The van der Waals surface area contributed by atoms with Gasteiger partial charge in [-0.25, -0.2) is 0 Å². The van der Waals surface area contributed by atoms with E-state index in [0.29, 0.717) is 0 Å². The Balaban J connectivity index is 3.48. The van der Waals surface area contributed by atoms with E-state index >= 15 is 0 Å². The Labute approximate surface area is 129 Å². The van der Waals surface area contributed by atoms with E-state index in [9.17, 15) is 0 Å². The lowest BCUT2D eigenvalue weighted by Crippen LogP contribution is -2.00. The van der Waals surface area contributed by atoms with Crippen LogP contribution in [0.25, 0.3) is 0 Å². The summed E-state index contributed by atoms with van der Waals surface area (Å²) in [7, 11) is 0. The van der Waals surface area contributed by atoms with Crippen LogP contribution in [-0.4, -0.2) is 0 Å². The summed E-state index contributed by atoms with van der Waals surface area (Å²) in [5.41, 5.74) is 1.44. The second kappa shape index (κ2) is 12.5. The van der Waals surface area contributed by atoms with Crippen molar-refractivity contribution in [2.75, 3.05) is 0 Å². The Kier molecular flexibility index (Phi) is 12.3. The van der Waals surface area contributed by atoms with Gasteiger partial charge in [0.05, 0.1) is 0 Å². The van der Waals surface area contributed by atoms with Gasteiger partial charge in [0.25, 0.3) is 0 Å². The van der Waals surface area contributed by atoms with E-state index in [4.69, 9.17) is 0 Å². The summed E-state index contributed by atoms with van der Waals surface area (Å²) >= 11 is 0. The van der Waals surface area contributed by atoms with E-state index in [1.165, 1.54) is 63.4 Å². The standard InChI is InChI=1S/C20H39/c1-7-18(4)12-9-14-20(6)16-10-15-19(5)13-8-11-17(2)3/h7,17,19-20H,1,8-16H2,2-6H3/b18-7-/t19-,20+/m1/s1. The molecule has 0 N–H and O–H groups in total. The van der Waals surface area contributed by atoms with E-state index in [0.717, 1.165) is 17.8 Å². The molecule has 1 radical (unpaired) electrons. The molecule has 20 heavy (non-hydrogen) atoms. The number of rotatable bonds is 12. The first kappa shape index (κ1) is 19.7. The molecule has 0 aliphatic rings. The second-order valence-corrected chi connectivity index (χ2v) is 7.41. The monoisotopic (exact) mass is 279 g/mol. The molecule has 2 atom stereocenters. The zero-order valence-electron chi connectivity index (χ0n) is 14.9.